The van der Waals surface area contributed by atoms with Crippen molar-refractivity contribution in [3.63, 3.8) is 0 Å². The van der Waals surface area contributed by atoms with E-state index in [4.69, 9.17) is 0 Å². The van der Waals surface area contributed by atoms with Gasteiger partial charge in [0.15, 0.2) is 0 Å². The summed E-state index contributed by atoms with van der Waals surface area (Å²) in [4.78, 5) is 5.04. The molecule has 15 heavy (non-hydrogen) atoms. The van der Waals surface area contributed by atoms with Crippen molar-refractivity contribution >= 4 is 0 Å². The van der Waals surface area contributed by atoms with Crippen LogP contribution in [-0.4, -0.2) is 62.7 Å². The summed E-state index contributed by atoms with van der Waals surface area (Å²) in [6.45, 7) is 15.0. The lowest BCUT2D eigenvalue weighted by atomic mass is 10.3. The summed E-state index contributed by atoms with van der Waals surface area (Å²) in [5.41, 5.74) is 0. The molecular weight excluding hydrogens is 186 g/mol. The molecule has 0 unspecified atom stereocenters. The number of nitrogens with zero attached hydrogens (tertiary/aromatic N) is 2. The molecule has 0 amide bonds. The van der Waals surface area contributed by atoms with Gasteiger partial charge in [-0.05, 0) is 33.1 Å². The van der Waals surface area contributed by atoms with E-state index < -0.39 is 0 Å². The lowest BCUT2D eigenvalue weighted by Crippen LogP contribution is -2.38. The maximum Gasteiger partial charge on any atom is 0.0110 e. The van der Waals surface area contributed by atoms with E-state index in [0.717, 1.165) is 6.54 Å². The third kappa shape index (κ3) is 7.77. The van der Waals surface area contributed by atoms with E-state index in [-0.39, 0.29) is 0 Å². The molecule has 0 aliphatic carbocycles. The molecule has 0 aromatic rings. The molecular formula is C12H29N3. The molecule has 92 valence electrons. The molecule has 3 heteroatoms. The zero-order valence-electron chi connectivity index (χ0n) is 11.1. The Bertz CT molecular complexity index is 124. The van der Waals surface area contributed by atoms with Crippen LogP contribution in [0.4, 0.5) is 0 Å². The normalized spacial score (nSPS) is 11.6. The summed E-state index contributed by atoms with van der Waals surface area (Å²) in [5.74, 6) is 0. The quantitative estimate of drug-likeness (QED) is 0.592. The van der Waals surface area contributed by atoms with E-state index in [1.807, 2.05) is 7.05 Å². The molecule has 0 saturated heterocycles. The van der Waals surface area contributed by atoms with E-state index in [1.54, 1.807) is 0 Å². The Hall–Kier alpha value is -0.120. The minimum absolute atomic E-state index is 1.10. The van der Waals surface area contributed by atoms with Gasteiger partial charge in [-0.1, -0.05) is 20.8 Å². The Labute approximate surface area is 95.8 Å². The standard InChI is InChI=1S/C12H29N3/c1-5-9-15(10-8-13-4)12-11-14(6-2)7-3/h13H,5-12H2,1-4H3. The van der Waals surface area contributed by atoms with Crippen LogP contribution in [0.15, 0.2) is 0 Å². The van der Waals surface area contributed by atoms with Crippen molar-refractivity contribution in [1.29, 1.82) is 0 Å². The number of hydrogen-bond donors (Lipinski definition) is 1. The van der Waals surface area contributed by atoms with Crippen molar-refractivity contribution in [3.05, 3.63) is 0 Å². The minimum atomic E-state index is 1.10. The molecule has 0 rings (SSSR count). The van der Waals surface area contributed by atoms with Gasteiger partial charge in [0.2, 0.25) is 0 Å². The van der Waals surface area contributed by atoms with E-state index in [9.17, 15) is 0 Å². The fraction of sp³-hybridized carbons (Fsp3) is 1.00. The van der Waals surface area contributed by atoms with Gasteiger partial charge in [-0.3, -0.25) is 0 Å². The smallest absolute Gasteiger partial charge is 0.0110 e. The number of rotatable bonds is 10. The summed E-state index contributed by atoms with van der Waals surface area (Å²) >= 11 is 0. The van der Waals surface area contributed by atoms with Gasteiger partial charge < -0.3 is 15.1 Å². The highest BCUT2D eigenvalue weighted by Gasteiger charge is 2.05. The first-order valence-corrected chi connectivity index (χ1v) is 6.37. The summed E-state index contributed by atoms with van der Waals surface area (Å²) < 4.78 is 0. The van der Waals surface area contributed by atoms with Crippen LogP contribution in [0.5, 0.6) is 0 Å². The largest absolute Gasteiger partial charge is 0.318 e. The Kier molecular flexibility index (Phi) is 10.3. The van der Waals surface area contributed by atoms with Crippen LogP contribution in [0.25, 0.3) is 0 Å². The van der Waals surface area contributed by atoms with Gasteiger partial charge in [0.1, 0.15) is 0 Å². The maximum absolute atomic E-state index is 3.22. The van der Waals surface area contributed by atoms with E-state index in [0.29, 0.717) is 0 Å². The van der Waals surface area contributed by atoms with Crippen LogP contribution < -0.4 is 5.32 Å². The third-order valence-electron chi connectivity index (χ3n) is 2.84. The molecule has 0 aliphatic heterocycles. The highest BCUT2D eigenvalue weighted by Crippen LogP contribution is 1.93. The summed E-state index contributed by atoms with van der Waals surface area (Å²) in [7, 11) is 2.02. The van der Waals surface area contributed by atoms with Crippen LogP contribution in [0, 0.1) is 0 Å². The molecule has 3 nitrogen and oxygen atoms in total. The van der Waals surface area contributed by atoms with Gasteiger partial charge in [-0.25, -0.2) is 0 Å². The zero-order chi connectivity index (χ0) is 11.5. The lowest BCUT2D eigenvalue weighted by molar-refractivity contribution is 0.215. The SMILES string of the molecule is CCCN(CCNC)CCN(CC)CC. The van der Waals surface area contributed by atoms with Crippen LogP contribution in [0.1, 0.15) is 27.2 Å². The fourth-order valence-electron chi connectivity index (χ4n) is 1.74. The molecule has 0 bridgehead atoms. The van der Waals surface area contributed by atoms with Crippen LogP contribution >= 0.6 is 0 Å². The van der Waals surface area contributed by atoms with Crippen LogP contribution in [0.3, 0.4) is 0 Å². The number of nitrogens with one attached hydrogen (secondary N) is 1. The third-order valence-corrected chi connectivity index (χ3v) is 2.84. The Morgan fingerprint density at radius 3 is 1.87 bits per heavy atom. The van der Waals surface area contributed by atoms with Crippen molar-refractivity contribution in [2.45, 2.75) is 27.2 Å². The van der Waals surface area contributed by atoms with Gasteiger partial charge in [0.25, 0.3) is 0 Å². The maximum atomic E-state index is 3.22. The van der Waals surface area contributed by atoms with Gasteiger partial charge >= 0.3 is 0 Å². The van der Waals surface area contributed by atoms with E-state index >= 15 is 0 Å². The van der Waals surface area contributed by atoms with Crippen molar-refractivity contribution in [2.75, 3.05) is 52.9 Å². The molecule has 1 N–H and O–H groups in total. The Morgan fingerprint density at radius 2 is 1.40 bits per heavy atom. The van der Waals surface area contributed by atoms with Crippen LogP contribution in [0.2, 0.25) is 0 Å². The lowest BCUT2D eigenvalue weighted by Gasteiger charge is -2.25. The molecule has 0 aromatic heterocycles. The predicted octanol–water partition coefficient (Wildman–Crippen LogP) is 1.26. The van der Waals surface area contributed by atoms with Gasteiger partial charge in [-0.15, -0.1) is 0 Å². The van der Waals surface area contributed by atoms with Gasteiger partial charge in [-0.2, -0.15) is 0 Å². The average Bonchev–Trinajstić information content (AvgIpc) is 2.27. The molecule has 0 heterocycles. The predicted molar refractivity (Wildman–Crippen MR) is 68.4 cm³/mol. The number of likely N-dealkylation sites (N-methyl/N-ethyl adjacent to an activating group) is 2. The second-order valence-electron chi connectivity index (χ2n) is 3.97. The first-order chi connectivity index (χ1) is 7.28. The second-order valence-corrected chi connectivity index (χ2v) is 3.97. The fourth-order valence-corrected chi connectivity index (χ4v) is 1.74. The highest BCUT2D eigenvalue weighted by molar-refractivity contribution is 4.62. The van der Waals surface area contributed by atoms with Crippen molar-refractivity contribution in [2.24, 2.45) is 0 Å². The molecule has 0 spiro atoms. The van der Waals surface area contributed by atoms with Gasteiger partial charge in [0.05, 0.1) is 0 Å². The topological polar surface area (TPSA) is 18.5 Å². The Morgan fingerprint density at radius 1 is 0.800 bits per heavy atom. The molecule has 0 radical (unpaired) electrons. The van der Waals surface area contributed by atoms with Crippen LogP contribution in [-0.2, 0) is 0 Å². The summed E-state index contributed by atoms with van der Waals surface area (Å²) in [6, 6.07) is 0. The number of hydrogen-bond acceptors (Lipinski definition) is 3. The first kappa shape index (κ1) is 14.9. The Balaban J connectivity index is 3.72. The molecule has 0 saturated carbocycles. The highest BCUT2D eigenvalue weighted by atomic mass is 15.2. The second kappa shape index (κ2) is 10.4. The summed E-state index contributed by atoms with van der Waals surface area (Å²) in [6.07, 6.45) is 1.25. The monoisotopic (exact) mass is 215 g/mol. The van der Waals surface area contributed by atoms with Crippen molar-refractivity contribution in [3.8, 4) is 0 Å². The van der Waals surface area contributed by atoms with E-state index in [2.05, 4.69) is 35.9 Å². The molecule has 0 fully saturated rings. The molecule has 0 aromatic carbocycles. The van der Waals surface area contributed by atoms with Gasteiger partial charge in [0, 0.05) is 26.2 Å². The average molecular weight is 215 g/mol. The van der Waals surface area contributed by atoms with Crippen molar-refractivity contribution in [1.82, 2.24) is 15.1 Å². The van der Waals surface area contributed by atoms with Crippen molar-refractivity contribution < 1.29 is 0 Å². The zero-order valence-corrected chi connectivity index (χ0v) is 11.1. The van der Waals surface area contributed by atoms with E-state index in [1.165, 1.54) is 45.7 Å². The summed E-state index contributed by atoms with van der Waals surface area (Å²) in [5, 5.41) is 3.22. The first-order valence-electron chi connectivity index (χ1n) is 6.37. The minimum Gasteiger partial charge on any atom is -0.318 e. The molecule has 0 atom stereocenters. The molecule has 0 aliphatic rings.